The second kappa shape index (κ2) is 7.12. The molecule has 1 N–H and O–H groups in total. The third kappa shape index (κ3) is 3.84. The third-order valence-corrected chi connectivity index (χ3v) is 5.31. The second-order valence-electron chi connectivity index (χ2n) is 5.58. The van der Waals surface area contributed by atoms with E-state index >= 15 is 0 Å². The van der Waals surface area contributed by atoms with Gasteiger partial charge >= 0.3 is 0 Å². The largest absolute Gasteiger partial charge is 0.507 e. The van der Waals surface area contributed by atoms with Crippen LogP contribution in [0.2, 0.25) is 10.0 Å². The van der Waals surface area contributed by atoms with Gasteiger partial charge in [0.1, 0.15) is 5.75 Å². The summed E-state index contributed by atoms with van der Waals surface area (Å²) in [5.41, 5.74) is 2.15. The first-order valence-electron chi connectivity index (χ1n) is 7.34. The summed E-state index contributed by atoms with van der Waals surface area (Å²) in [5.74, 6) is -0.344. The number of thioether (sulfide) groups is 1. The van der Waals surface area contributed by atoms with E-state index in [4.69, 9.17) is 23.2 Å². The first-order valence-corrected chi connectivity index (χ1v) is 8.91. The van der Waals surface area contributed by atoms with Crippen molar-refractivity contribution in [3.8, 4) is 5.75 Å². The molecule has 7 heteroatoms. The Hall–Kier alpha value is -1.95. The number of carbonyl (C=O) groups excluding carboxylic acids is 2. The summed E-state index contributed by atoms with van der Waals surface area (Å²) < 4.78 is 0. The molecule has 1 aliphatic rings. The number of amides is 2. The van der Waals surface area contributed by atoms with Crippen molar-refractivity contribution in [3.05, 3.63) is 68.0 Å². The lowest BCUT2D eigenvalue weighted by Crippen LogP contribution is -2.27. The van der Waals surface area contributed by atoms with E-state index in [1.54, 1.807) is 36.4 Å². The lowest BCUT2D eigenvalue weighted by atomic mass is 10.1. The lowest BCUT2D eigenvalue weighted by molar-refractivity contribution is -0.123. The van der Waals surface area contributed by atoms with Crippen molar-refractivity contribution < 1.29 is 14.7 Å². The summed E-state index contributed by atoms with van der Waals surface area (Å²) in [6, 6.07) is 10.0. The third-order valence-electron chi connectivity index (χ3n) is 3.67. The molecule has 0 saturated carbocycles. The fourth-order valence-electron chi connectivity index (χ4n) is 2.39. The summed E-state index contributed by atoms with van der Waals surface area (Å²) in [5, 5.41) is 10.3. The summed E-state index contributed by atoms with van der Waals surface area (Å²) in [4.78, 5) is 26.2. The highest BCUT2D eigenvalue weighted by atomic mass is 35.5. The van der Waals surface area contributed by atoms with Gasteiger partial charge in [0, 0.05) is 5.56 Å². The van der Waals surface area contributed by atoms with E-state index in [1.807, 2.05) is 6.92 Å². The fourth-order valence-corrected chi connectivity index (χ4v) is 3.54. The van der Waals surface area contributed by atoms with Gasteiger partial charge in [0.25, 0.3) is 11.1 Å². The predicted molar refractivity (Wildman–Crippen MR) is 101 cm³/mol. The Morgan fingerprint density at radius 1 is 1.12 bits per heavy atom. The molecule has 4 nitrogen and oxygen atoms in total. The molecule has 128 valence electrons. The number of aryl methyl sites for hydroxylation is 1. The van der Waals surface area contributed by atoms with Crippen molar-refractivity contribution in [2.24, 2.45) is 0 Å². The van der Waals surface area contributed by atoms with Crippen molar-refractivity contribution in [2.45, 2.75) is 13.5 Å². The maximum absolute atomic E-state index is 12.5. The van der Waals surface area contributed by atoms with Gasteiger partial charge in [-0.25, -0.2) is 0 Å². The average Bonchev–Trinajstić information content (AvgIpc) is 2.82. The Morgan fingerprint density at radius 2 is 1.88 bits per heavy atom. The number of aromatic hydroxyl groups is 1. The minimum Gasteiger partial charge on any atom is -0.507 e. The van der Waals surface area contributed by atoms with Crippen molar-refractivity contribution in [1.82, 2.24) is 4.90 Å². The average molecular weight is 394 g/mol. The number of nitrogens with zero attached hydrogens (tertiary/aromatic N) is 1. The molecule has 1 fully saturated rings. The van der Waals surface area contributed by atoms with Gasteiger partial charge in [-0.3, -0.25) is 14.5 Å². The molecule has 1 heterocycles. The summed E-state index contributed by atoms with van der Waals surface area (Å²) >= 11 is 12.7. The quantitative estimate of drug-likeness (QED) is 0.723. The SMILES string of the molecule is Cc1ccc(O)c(/C=C2\SC(=O)N(Cc3ccc(Cl)c(Cl)c3)C2=O)c1. The molecule has 0 unspecified atom stereocenters. The van der Waals surface area contributed by atoms with Gasteiger partial charge in [0.15, 0.2) is 0 Å². The van der Waals surface area contributed by atoms with Crippen LogP contribution in [0.25, 0.3) is 6.08 Å². The Balaban J connectivity index is 1.85. The number of halogens is 2. The van der Waals surface area contributed by atoms with Gasteiger partial charge in [-0.1, -0.05) is 40.9 Å². The summed E-state index contributed by atoms with van der Waals surface area (Å²) in [6.45, 7) is 1.99. The summed E-state index contributed by atoms with van der Waals surface area (Å²) in [7, 11) is 0. The normalized spacial score (nSPS) is 16.1. The molecule has 0 atom stereocenters. The van der Waals surface area contributed by atoms with Gasteiger partial charge < -0.3 is 5.11 Å². The van der Waals surface area contributed by atoms with Gasteiger partial charge in [0.05, 0.1) is 21.5 Å². The first-order chi connectivity index (χ1) is 11.8. The molecule has 25 heavy (non-hydrogen) atoms. The van der Waals surface area contributed by atoms with Crippen LogP contribution in [0.3, 0.4) is 0 Å². The summed E-state index contributed by atoms with van der Waals surface area (Å²) in [6.07, 6.45) is 1.53. The van der Waals surface area contributed by atoms with Crippen LogP contribution in [0.15, 0.2) is 41.3 Å². The highest BCUT2D eigenvalue weighted by molar-refractivity contribution is 8.18. The van der Waals surface area contributed by atoms with Crippen LogP contribution in [-0.2, 0) is 11.3 Å². The monoisotopic (exact) mass is 393 g/mol. The second-order valence-corrected chi connectivity index (χ2v) is 7.39. The molecular formula is C18H13Cl2NO3S. The van der Waals surface area contributed by atoms with E-state index in [-0.39, 0.29) is 22.4 Å². The van der Waals surface area contributed by atoms with Crippen LogP contribution in [0.4, 0.5) is 4.79 Å². The van der Waals surface area contributed by atoms with Crippen molar-refractivity contribution in [1.29, 1.82) is 0 Å². The number of hydrogen-bond donors (Lipinski definition) is 1. The number of benzene rings is 2. The molecule has 2 aromatic rings. The maximum atomic E-state index is 12.5. The standard InChI is InChI=1S/C18H13Cl2NO3S/c1-10-2-5-15(22)12(6-10)8-16-17(23)21(18(24)25-16)9-11-3-4-13(19)14(20)7-11/h2-8,22H,9H2,1H3/b16-8-. The Bertz CT molecular complexity index is 911. The molecule has 1 saturated heterocycles. The fraction of sp³-hybridized carbons (Fsp3) is 0.111. The van der Waals surface area contributed by atoms with Crippen LogP contribution in [0.1, 0.15) is 16.7 Å². The zero-order valence-corrected chi connectivity index (χ0v) is 15.5. The van der Waals surface area contributed by atoms with E-state index in [1.165, 1.54) is 6.08 Å². The van der Waals surface area contributed by atoms with Gasteiger partial charge in [0.2, 0.25) is 0 Å². The van der Waals surface area contributed by atoms with E-state index in [0.29, 0.717) is 21.2 Å². The van der Waals surface area contributed by atoms with Crippen molar-refractivity contribution in [3.63, 3.8) is 0 Å². The predicted octanol–water partition coefficient (Wildman–Crippen LogP) is 5.24. The molecule has 0 radical (unpaired) electrons. The van der Waals surface area contributed by atoms with E-state index < -0.39 is 5.91 Å². The van der Waals surface area contributed by atoms with Crippen LogP contribution in [0, 0.1) is 6.92 Å². The Morgan fingerprint density at radius 3 is 2.60 bits per heavy atom. The number of carbonyl (C=O) groups is 2. The van der Waals surface area contributed by atoms with Crippen LogP contribution >= 0.6 is 35.0 Å². The minimum atomic E-state index is -0.401. The van der Waals surface area contributed by atoms with Crippen molar-refractivity contribution in [2.75, 3.05) is 0 Å². The molecule has 2 aromatic carbocycles. The molecule has 0 aliphatic carbocycles. The zero-order valence-electron chi connectivity index (χ0n) is 13.1. The van der Waals surface area contributed by atoms with Crippen LogP contribution in [0.5, 0.6) is 5.75 Å². The Kier molecular flexibility index (Phi) is 5.08. The zero-order chi connectivity index (χ0) is 18.1. The smallest absolute Gasteiger partial charge is 0.293 e. The molecule has 0 aromatic heterocycles. The molecular weight excluding hydrogens is 381 g/mol. The lowest BCUT2D eigenvalue weighted by Gasteiger charge is -2.13. The number of hydrogen-bond acceptors (Lipinski definition) is 4. The number of phenols is 1. The van der Waals surface area contributed by atoms with E-state index in [0.717, 1.165) is 22.2 Å². The maximum Gasteiger partial charge on any atom is 0.293 e. The number of imide groups is 1. The van der Waals surface area contributed by atoms with Crippen LogP contribution < -0.4 is 0 Å². The van der Waals surface area contributed by atoms with E-state index in [2.05, 4.69) is 0 Å². The van der Waals surface area contributed by atoms with Gasteiger partial charge in [-0.05, 0) is 54.6 Å². The van der Waals surface area contributed by atoms with Gasteiger partial charge in [-0.15, -0.1) is 0 Å². The van der Waals surface area contributed by atoms with E-state index in [9.17, 15) is 14.7 Å². The molecule has 0 spiro atoms. The number of rotatable bonds is 3. The first kappa shape index (κ1) is 17.9. The highest BCUT2D eigenvalue weighted by Crippen LogP contribution is 2.35. The van der Waals surface area contributed by atoms with Crippen molar-refractivity contribution >= 4 is 52.2 Å². The topological polar surface area (TPSA) is 57.6 Å². The molecule has 2 amide bonds. The van der Waals surface area contributed by atoms with Crippen LogP contribution in [-0.4, -0.2) is 21.2 Å². The Labute approximate surface area is 159 Å². The minimum absolute atomic E-state index is 0.0573. The van der Waals surface area contributed by atoms with Gasteiger partial charge in [-0.2, -0.15) is 0 Å². The number of phenolic OH excluding ortho intramolecular Hbond substituents is 1. The highest BCUT2D eigenvalue weighted by Gasteiger charge is 2.35. The molecule has 3 rings (SSSR count). The molecule has 1 aliphatic heterocycles. The molecule has 0 bridgehead atoms.